The molecule has 1 saturated heterocycles. The molecule has 1 fully saturated rings. The number of amides is 2. The van der Waals surface area contributed by atoms with Crippen LogP contribution in [0.1, 0.15) is 89.5 Å². The van der Waals surface area contributed by atoms with Crippen molar-refractivity contribution in [3.8, 4) is 0 Å². The van der Waals surface area contributed by atoms with Crippen LogP contribution < -0.4 is 0 Å². The average molecular weight is 537 g/mol. The molecular weight excluding hydrogens is 494 g/mol. The lowest BCUT2D eigenvalue weighted by atomic mass is 10.0. The number of ether oxygens (including phenoxy) is 1. The highest BCUT2D eigenvalue weighted by molar-refractivity contribution is 9.10. The van der Waals surface area contributed by atoms with Gasteiger partial charge in [0.25, 0.3) is 0 Å². The zero-order valence-electron chi connectivity index (χ0n) is 20.7. The van der Waals surface area contributed by atoms with Crippen molar-refractivity contribution >= 4 is 27.9 Å². The molecule has 1 heterocycles. The van der Waals surface area contributed by atoms with Crippen molar-refractivity contribution in [2.24, 2.45) is 0 Å². The fraction of sp³-hybridized carbons (Fsp3) is 0.643. The molecule has 1 aliphatic heterocycles. The minimum absolute atomic E-state index is 0.171. The van der Waals surface area contributed by atoms with Gasteiger partial charge in [0.05, 0.1) is 12.1 Å². The summed E-state index contributed by atoms with van der Waals surface area (Å²) in [6.07, 6.45) is 17.7. The molecular formula is C28H42BrNO4. The molecule has 5 nitrogen and oxygen atoms in total. The predicted molar refractivity (Wildman–Crippen MR) is 141 cm³/mol. The lowest BCUT2D eigenvalue weighted by molar-refractivity contribution is -0.129. The molecule has 190 valence electrons. The molecule has 0 saturated carbocycles. The van der Waals surface area contributed by atoms with E-state index >= 15 is 0 Å². The number of unbranched alkanes of at least 4 members (excludes halogenated alkanes) is 11. The van der Waals surface area contributed by atoms with E-state index in [1.165, 1.54) is 64.2 Å². The molecule has 1 aromatic rings. The summed E-state index contributed by atoms with van der Waals surface area (Å²) < 4.78 is 5.13. The highest BCUT2D eigenvalue weighted by Gasteiger charge is 2.41. The van der Waals surface area contributed by atoms with E-state index in [2.05, 4.69) is 22.9 Å². The van der Waals surface area contributed by atoms with E-state index in [1.54, 1.807) is 6.08 Å². The van der Waals surface area contributed by atoms with Crippen molar-refractivity contribution in [3.05, 3.63) is 48.0 Å². The minimum Gasteiger partial charge on any atom is -0.447 e. The normalized spacial score (nSPS) is 17.8. The first kappa shape index (κ1) is 28.6. The lowest BCUT2D eigenvalue weighted by Gasteiger charge is -2.23. The Hall–Kier alpha value is -1.66. The zero-order chi connectivity index (χ0) is 24.6. The first-order valence-electron chi connectivity index (χ1n) is 13.1. The summed E-state index contributed by atoms with van der Waals surface area (Å²) in [5, 5.41) is 10.5. The van der Waals surface area contributed by atoms with Crippen LogP contribution in [0.2, 0.25) is 0 Å². The molecule has 2 unspecified atom stereocenters. The molecule has 1 aliphatic rings. The number of carbonyl (C=O) groups is 2. The molecule has 6 heteroatoms. The van der Waals surface area contributed by atoms with E-state index in [4.69, 9.17) is 4.74 Å². The van der Waals surface area contributed by atoms with Crippen molar-refractivity contribution in [1.82, 2.24) is 4.90 Å². The van der Waals surface area contributed by atoms with Crippen molar-refractivity contribution in [2.45, 2.75) is 107 Å². The molecule has 0 aliphatic carbocycles. The van der Waals surface area contributed by atoms with Crippen molar-refractivity contribution in [3.63, 3.8) is 0 Å². The third kappa shape index (κ3) is 10.3. The van der Waals surface area contributed by atoms with Crippen LogP contribution in [0.4, 0.5) is 4.79 Å². The number of hydrogen-bond acceptors (Lipinski definition) is 4. The Morgan fingerprint density at radius 1 is 1.06 bits per heavy atom. The van der Waals surface area contributed by atoms with Crippen molar-refractivity contribution < 1.29 is 19.4 Å². The van der Waals surface area contributed by atoms with Gasteiger partial charge in [0.2, 0.25) is 5.91 Å². The molecule has 1 aromatic carbocycles. The molecule has 0 aromatic heterocycles. The first-order chi connectivity index (χ1) is 16.5. The van der Waals surface area contributed by atoms with Gasteiger partial charge in [0.1, 0.15) is 11.4 Å². The second kappa shape index (κ2) is 16.9. The number of cyclic esters (lactones) is 1. The topological polar surface area (TPSA) is 66.8 Å². The zero-order valence-corrected chi connectivity index (χ0v) is 22.3. The Bertz CT molecular complexity index is 739. The summed E-state index contributed by atoms with van der Waals surface area (Å²) in [5.74, 6) is -0.463. The Kier molecular flexibility index (Phi) is 14.2. The number of allylic oxidation sites excluding steroid dienone is 1. The number of benzene rings is 1. The number of carbonyl (C=O) groups excluding carboxylic acids is 2. The van der Waals surface area contributed by atoms with Crippen LogP contribution in [-0.2, 0) is 16.0 Å². The van der Waals surface area contributed by atoms with Crippen LogP contribution in [0.3, 0.4) is 0 Å². The van der Waals surface area contributed by atoms with Gasteiger partial charge in [0, 0.05) is 0 Å². The maximum atomic E-state index is 12.9. The van der Waals surface area contributed by atoms with E-state index in [0.717, 1.165) is 23.3 Å². The number of hydrogen-bond donors (Lipinski definition) is 1. The number of aliphatic hydroxyl groups is 1. The molecule has 0 radical (unpaired) electrons. The Morgan fingerprint density at radius 3 is 2.26 bits per heavy atom. The number of imide groups is 1. The molecule has 34 heavy (non-hydrogen) atoms. The van der Waals surface area contributed by atoms with Gasteiger partial charge in [-0.25, -0.2) is 9.69 Å². The molecule has 0 bridgehead atoms. The number of halogens is 1. The highest BCUT2D eigenvalue weighted by Crippen LogP contribution is 2.22. The van der Waals surface area contributed by atoms with Crippen LogP contribution >= 0.6 is 15.9 Å². The molecule has 0 spiro atoms. The fourth-order valence-electron chi connectivity index (χ4n) is 4.31. The van der Waals surface area contributed by atoms with E-state index in [1.807, 2.05) is 36.4 Å². The van der Waals surface area contributed by atoms with E-state index in [9.17, 15) is 14.7 Å². The number of nitrogens with zero attached hydrogens (tertiary/aromatic N) is 1. The SMILES string of the molecule is CCCCCCCCCCCCCC=CC(O)[C@H](Br)C(=O)N1C(=O)OCC1Cc1ccccc1. The maximum Gasteiger partial charge on any atom is 0.417 e. The third-order valence-electron chi connectivity index (χ3n) is 6.36. The van der Waals surface area contributed by atoms with E-state index in [-0.39, 0.29) is 12.6 Å². The number of alkyl halides is 1. The summed E-state index contributed by atoms with van der Waals surface area (Å²) in [6.45, 7) is 2.42. The number of rotatable bonds is 17. The summed E-state index contributed by atoms with van der Waals surface area (Å²) in [7, 11) is 0. The maximum absolute atomic E-state index is 12.9. The second-order valence-electron chi connectivity index (χ2n) is 9.27. The number of aliphatic hydroxyl groups excluding tert-OH is 1. The van der Waals surface area contributed by atoms with Crippen LogP contribution in [0.5, 0.6) is 0 Å². The monoisotopic (exact) mass is 535 g/mol. The van der Waals surface area contributed by atoms with Gasteiger partial charge in [-0.05, 0) is 24.8 Å². The largest absolute Gasteiger partial charge is 0.447 e. The van der Waals surface area contributed by atoms with Gasteiger partial charge in [-0.3, -0.25) is 4.79 Å². The smallest absolute Gasteiger partial charge is 0.417 e. The van der Waals surface area contributed by atoms with Gasteiger partial charge >= 0.3 is 6.09 Å². The minimum atomic E-state index is -0.994. The molecule has 2 amide bonds. The van der Waals surface area contributed by atoms with Gasteiger partial charge in [-0.15, -0.1) is 0 Å². The third-order valence-corrected chi connectivity index (χ3v) is 7.29. The van der Waals surface area contributed by atoms with E-state index in [0.29, 0.717) is 6.42 Å². The van der Waals surface area contributed by atoms with Gasteiger partial charge < -0.3 is 9.84 Å². The van der Waals surface area contributed by atoms with Crippen LogP contribution in [0, 0.1) is 0 Å². The standard InChI is InChI=1S/C28H42BrNO4/c1-2-3-4-5-6-7-8-9-10-11-12-13-17-20-25(31)26(29)27(32)30-24(22-34-28(30)33)21-23-18-15-14-16-19-23/h14-20,24-26,31H,2-13,21-22H2,1H3/t24?,25?,26-/m0/s1. The highest BCUT2D eigenvalue weighted by atomic mass is 79.9. The Morgan fingerprint density at radius 2 is 1.65 bits per heavy atom. The van der Waals surface area contributed by atoms with Gasteiger partial charge in [-0.2, -0.15) is 0 Å². The van der Waals surface area contributed by atoms with Crippen molar-refractivity contribution in [2.75, 3.05) is 6.61 Å². The summed E-state index contributed by atoms with van der Waals surface area (Å²) in [5.41, 5.74) is 1.03. The molecule has 2 rings (SSSR count). The summed E-state index contributed by atoms with van der Waals surface area (Å²) in [6, 6.07) is 9.34. The van der Waals surface area contributed by atoms with Crippen LogP contribution in [-0.4, -0.2) is 45.6 Å². The van der Waals surface area contributed by atoms with Crippen molar-refractivity contribution in [1.29, 1.82) is 0 Å². The summed E-state index contributed by atoms with van der Waals surface area (Å²) >= 11 is 3.30. The molecule has 3 atom stereocenters. The van der Waals surface area contributed by atoms with Gasteiger partial charge in [-0.1, -0.05) is 130 Å². The fourth-order valence-corrected chi connectivity index (χ4v) is 4.70. The molecule has 1 N–H and O–H groups in total. The summed E-state index contributed by atoms with van der Waals surface area (Å²) in [4.78, 5) is 25.4. The lowest BCUT2D eigenvalue weighted by Crippen LogP contribution is -2.46. The van der Waals surface area contributed by atoms with Crippen LogP contribution in [0.25, 0.3) is 0 Å². The first-order valence-corrected chi connectivity index (χ1v) is 14.0. The quantitative estimate of drug-likeness (QED) is 0.133. The second-order valence-corrected chi connectivity index (χ2v) is 10.3. The average Bonchev–Trinajstić information content (AvgIpc) is 3.21. The van der Waals surface area contributed by atoms with E-state index < -0.39 is 22.9 Å². The van der Waals surface area contributed by atoms with Gasteiger partial charge in [0.15, 0.2) is 0 Å². The Balaban J connectivity index is 1.63. The predicted octanol–water partition coefficient (Wildman–Crippen LogP) is 6.96. The Labute approximate surface area is 214 Å². The van der Waals surface area contributed by atoms with Crippen LogP contribution in [0.15, 0.2) is 42.5 Å².